The molecule has 19 heavy (non-hydrogen) atoms. The van der Waals surface area contributed by atoms with E-state index in [0.29, 0.717) is 5.02 Å². The van der Waals surface area contributed by atoms with Crippen LogP contribution in [0, 0.1) is 5.82 Å². The molecule has 5 nitrogen and oxygen atoms in total. The lowest BCUT2D eigenvalue weighted by Crippen LogP contribution is -2.15. The van der Waals surface area contributed by atoms with E-state index >= 15 is 0 Å². The van der Waals surface area contributed by atoms with Gasteiger partial charge < -0.3 is 5.73 Å². The van der Waals surface area contributed by atoms with Gasteiger partial charge in [0.1, 0.15) is 16.5 Å². The van der Waals surface area contributed by atoms with Crippen LogP contribution in [0.15, 0.2) is 41.4 Å². The average molecular weight is 302 g/mol. The van der Waals surface area contributed by atoms with Gasteiger partial charge in [0.2, 0.25) is 0 Å². The summed E-state index contributed by atoms with van der Waals surface area (Å²) in [4.78, 5) is 3.44. The van der Waals surface area contributed by atoms with E-state index in [1.54, 1.807) is 0 Å². The molecule has 0 aliphatic rings. The molecule has 2 rings (SSSR count). The molecule has 2 aromatic rings. The van der Waals surface area contributed by atoms with Gasteiger partial charge in [-0.05, 0) is 24.3 Å². The van der Waals surface area contributed by atoms with E-state index in [1.165, 1.54) is 24.4 Å². The Balaban J connectivity index is 2.40. The van der Waals surface area contributed by atoms with E-state index in [-0.39, 0.29) is 16.4 Å². The number of halogens is 2. The van der Waals surface area contributed by atoms with Crippen molar-refractivity contribution < 1.29 is 12.8 Å². The summed E-state index contributed by atoms with van der Waals surface area (Å²) >= 11 is 5.72. The molecule has 0 saturated heterocycles. The standard InChI is InChI=1S/C11H9ClFN3O2S/c12-7-3-4-15-11(5-7)16-19(17,18)10-6-8(13)1-2-9(10)14/h1-6H,14H2,(H,15,16). The topological polar surface area (TPSA) is 85.1 Å². The van der Waals surface area contributed by atoms with Crippen molar-refractivity contribution in [3.05, 3.63) is 47.4 Å². The lowest BCUT2D eigenvalue weighted by molar-refractivity contribution is 0.596. The zero-order valence-electron chi connectivity index (χ0n) is 9.47. The Labute approximate surface area is 114 Å². The van der Waals surface area contributed by atoms with Gasteiger partial charge >= 0.3 is 0 Å². The lowest BCUT2D eigenvalue weighted by atomic mass is 10.3. The van der Waals surface area contributed by atoms with Crippen molar-refractivity contribution in [2.24, 2.45) is 0 Å². The molecular formula is C11H9ClFN3O2S. The number of hydrogen-bond acceptors (Lipinski definition) is 4. The van der Waals surface area contributed by atoms with Crippen LogP contribution in [0.5, 0.6) is 0 Å². The number of sulfonamides is 1. The fourth-order valence-electron chi connectivity index (χ4n) is 1.39. The molecule has 0 aliphatic heterocycles. The van der Waals surface area contributed by atoms with Gasteiger partial charge in [-0.3, -0.25) is 4.72 Å². The van der Waals surface area contributed by atoms with Crippen molar-refractivity contribution in [3.8, 4) is 0 Å². The summed E-state index contributed by atoms with van der Waals surface area (Å²) in [6.45, 7) is 0. The van der Waals surface area contributed by atoms with Gasteiger partial charge in [0.05, 0.1) is 5.69 Å². The molecule has 0 atom stereocenters. The van der Waals surface area contributed by atoms with Gasteiger partial charge in [0.15, 0.2) is 0 Å². The largest absolute Gasteiger partial charge is 0.398 e. The summed E-state index contributed by atoms with van der Waals surface area (Å²) in [7, 11) is -4.02. The van der Waals surface area contributed by atoms with E-state index in [4.69, 9.17) is 17.3 Å². The number of aromatic nitrogens is 1. The number of rotatable bonds is 3. The molecule has 0 spiro atoms. The lowest BCUT2D eigenvalue weighted by Gasteiger charge is -2.09. The second-order valence-electron chi connectivity index (χ2n) is 3.65. The third-order valence-corrected chi connectivity index (χ3v) is 3.87. The molecule has 1 aromatic heterocycles. The first kappa shape index (κ1) is 13.6. The fourth-order valence-corrected chi connectivity index (χ4v) is 2.70. The molecule has 3 N–H and O–H groups in total. The van der Waals surface area contributed by atoms with Crippen LogP contribution in [0.3, 0.4) is 0 Å². The van der Waals surface area contributed by atoms with E-state index in [1.807, 2.05) is 0 Å². The number of hydrogen-bond donors (Lipinski definition) is 2. The smallest absolute Gasteiger partial charge is 0.265 e. The Kier molecular flexibility index (Phi) is 3.59. The third-order valence-electron chi connectivity index (χ3n) is 2.23. The van der Waals surface area contributed by atoms with Crippen molar-refractivity contribution >= 4 is 33.1 Å². The number of nitrogen functional groups attached to an aromatic ring is 1. The molecule has 0 saturated carbocycles. The van der Waals surface area contributed by atoms with E-state index in [9.17, 15) is 12.8 Å². The minimum atomic E-state index is -4.02. The van der Waals surface area contributed by atoms with Gasteiger partial charge in [-0.15, -0.1) is 0 Å². The van der Waals surface area contributed by atoms with Gasteiger partial charge in [0.25, 0.3) is 10.0 Å². The maximum atomic E-state index is 13.1. The minimum absolute atomic E-state index is 0.0242. The van der Waals surface area contributed by atoms with Crippen molar-refractivity contribution in [1.29, 1.82) is 0 Å². The monoisotopic (exact) mass is 301 g/mol. The second-order valence-corrected chi connectivity index (χ2v) is 5.73. The normalized spacial score (nSPS) is 11.3. The highest BCUT2D eigenvalue weighted by molar-refractivity contribution is 7.92. The quantitative estimate of drug-likeness (QED) is 0.852. The third kappa shape index (κ3) is 3.12. The van der Waals surface area contributed by atoms with Crippen LogP contribution in [-0.4, -0.2) is 13.4 Å². The van der Waals surface area contributed by atoms with Crippen LogP contribution in [0.25, 0.3) is 0 Å². The molecule has 8 heteroatoms. The van der Waals surface area contributed by atoms with Crippen molar-refractivity contribution in [3.63, 3.8) is 0 Å². The van der Waals surface area contributed by atoms with Crippen molar-refractivity contribution in [1.82, 2.24) is 4.98 Å². The Morgan fingerprint density at radius 2 is 2.00 bits per heavy atom. The van der Waals surface area contributed by atoms with Crippen molar-refractivity contribution in [2.45, 2.75) is 4.90 Å². The first-order valence-corrected chi connectivity index (χ1v) is 6.94. The number of nitrogens with two attached hydrogens (primary N) is 1. The zero-order chi connectivity index (χ0) is 14.0. The van der Waals surface area contributed by atoms with Crippen LogP contribution in [0.1, 0.15) is 0 Å². The molecule has 0 aliphatic carbocycles. The fraction of sp³-hybridized carbons (Fsp3) is 0. The summed E-state index contributed by atoms with van der Waals surface area (Å²) in [6, 6.07) is 5.91. The van der Waals surface area contributed by atoms with E-state index in [2.05, 4.69) is 9.71 Å². The molecule has 1 heterocycles. The summed E-state index contributed by atoms with van der Waals surface area (Å²) in [6.07, 6.45) is 1.34. The molecule has 0 bridgehead atoms. The van der Waals surface area contributed by atoms with Crippen LogP contribution in [-0.2, 0) is 10.0 Å². The van der Waals surface area contributed by atoms with Crippen LogP contribution < -0.4 is 10.5 Å². The van der Waals surface area contributed by atoms with E-state index < -0.39 is 15.8 Å². The zero-order valence-corrected chi connectivity index (χ0v) is 11.0. The van der Waals surface area contributed by atoms with Gasteiger partial charge in [-0.2, -0.15) is 0 Å². The highest BCUT2D eigenvalue weighted by atomic mass is 35.5. The molecule has 1 aromatic carbocycles. The molecule has 0 radical (unpaired) electrons. The van der Waals surface area contributed by atoms with Crippen LogP contribution >= 0.6 is 11.6 Å². The van der Waals surface area contributed by atoms with Gasteiger partial charge in [-0.25, -0.2) is 17.8 Å². The van der Waals surface area contributed by atoms with Gasteiger partial charge in [-0.1, -0.05) is 11.6 Å². The first-order valence-electron chi connectivity index (χ1n) is 5.08. The average Bonchev–Trinajstić information content (AvgIpc) is 2.31. The number of nitrogens with one attached hydrogen (secondary N) is 1. The van der Waals surface area contributed by atoms with Crippen LogP contribution in [0.2, 0.25) is 5.02 Å². The van der Waals surface area contributed by atoms with Crippen LogP contribution in [0.4, 0.5) is 15.9 Å². The molecule has 0 unspecified atom stereocenters. The van der Waals surface area contributed by atoms with Gasteiger partial charge in [0, 0.05) is 17.3 Å². The summed E-state index contributed by atoms with van der Waals surface area (Å²) in [5.74, 6) is -0.676. The highest BCUT2D eigenvalue weighted by Crippen LogP contribution is 2.22. The van der Waals surface area contributed by atoms with Crippen molar-refractivity contribution in [2.75, 3.05) is 10.5 Å². The predicted octanol–water partition coefficient (Wildman–Crippen LogP) is 2.26. The first-order chi connectivity index (χ1) is 8.88. The second kappa shape index (κ2) is 5.02. The SMILES string of the molecule is Nc1ccc(F)cc1S(=O)(=O)Nc1cc(Cl)ccn1. The van der Waals surface area contributed by atoms with E-state index in [0.717, 1.165) is 12.1 Å². The molecule has 0 amide bonds. The summed E-state index contributed by atoms with van der Waals surface area (Å²) in [5.41, 5.74) is 5.47. The minimum Gasteiger partial charge on any atom is -0.398 e. The highest BCUT2D eigenvalue weighted by Gasteiger charge is 2.19. The molecule has 100 valence electrons. The Hall–Kier alpha value is -1.86. The maximum absolute atomic E-state index is 13.1. The molecular weight excluding hydrogens is 293 g/mol. The predicted molar refractivity (Wildman–Crippen MR) is 70.9 cm³/mol. The number of anilines is 2. The Morgan fingerprint density at radius 1 is 1.26 bits per heavy atom. The number of nitrogens with zero attached hydrogens (tertiary/aromatic N) is 1. The summed E-state index contributed by atoms with van der Waals surface area (Å²) in [5, 5.41) is 0.319. The number of benzene rings is 1. The Bertz CT molecular complexity index is 722. The Morgan fingerprint density at radius 3 is 2.68 bits per heavy atom. The summed E-state index contributed by atoms with van der Waals surface area (Å²) < 4.78 is 39.4. The number of pyridine rings is 1. The molecule has 0 fully saturated rings. The maximum Gasteiger partial charge on any atom is 0.265 e.